The fourth-order valence-corrected chi connectivity index (χ4v) is 4.65. The van der Waals surface area contributed by atoms with Crippen molar-refractivity contribution in [2.24, 2.45) is 0 Å². The van der Waals surface area contributed by atoms with Crippen LogP contribution in [-0.4, -0.2) is 78.1 Å². The maximum Gasteiger partial charge on any atom is 0.239 e. The molecule has 2 atom stereocenters. The van der Waals surface area contributed by atoms with Crippen LogP contribution in [0.1, 0.15) is 43.4 Å². The zero-order valence-electron chi connectivity index (χ0n) is 22.4. The molecule has 3 N–H and O–H groups in total. The molecule has 0 aliphatic carbocycles. The molecule has 9 heteroatoms. The fraction of sp³-hybridized carbons (Fsp3) is 0.517. The molecule has 1 saturated heterocycles. The summed E-state index contributed by atoms with van der Waals surface area (Å²) in [6, 6.07) is 10.5. The summed E-state index contributed by atoms with van der Waals surface area (Å²) in [5, 5.41) is 17.0. The molecule has 3 rings (SSSR count). The number of halogens is 2. The molecule has 1 aliphatic rings. The van der Waals surface area contributed by atoms with Crippen molar-refractivity contribution in [2.75, 3.05) is 39.3 Å². The third-order valence-corrected chi connectivity index (χ3v) is 6.83. The van der Waals surface area contributed by atoms with Crippen molar-refractivity contribution in [1.29, 1.82) is 0 Å². The van der Waals surface area contributed by atoms with E-state index in [0.29, 0.717) is 25.2 Å². The van der Waals surface area contributed by atoms with Gasteiger partial charge in [0.15, 0.2) is 0 Å². The van der Waals surface area contributed by atoms with Crippen LogP contribution in [0.2, 0.25) is 0 Å². The fourth-order valence-electron chi connectivity index (χ4n) is 4.65. The number of aryl methyl sites for hydroxylation is 1. The van der Waals surface area contributed by atoms with Crippen LogP contribution in [0.3, 0.4) is 0 Å². The van der Waals surface area contributed by atoms with E-state index in [-0.39, 0.29) is 32.0 Å². The van der Waals surface area contributed by atoms with Crippen molar-refractivity contribution < 1.29 is 23.5 Å². The molecule has 2 unspecified atom stereocenters. The number of unbranched alkanes of at least 4 members (excludes halogenated alkanes) is 1. The summed E-state index contributed by atoms with van der Waals surface area (Å²) in [5.74, 6) is -1.97. The Labute approximate surface area is 224 Å². The summed E-state index contributed by atoms with van der Waals surface area (Å²) >= 11 is 0. The number of rotatable bonds is 14. The second-order valence-electron chi connectivity index (χ2n) is 9.97. The quantitative estimate of drug-likeness (QED) is 0.350. The van der Waals surface area contributed by atoms with Gasteiger partial charge >= 0.3 is 0 Å². The number of piperazine rings is 1. The number of carbonyl (C=O) groups excluding carboxylic acids is 2. The number of benzene rings is 2. The predicted molar refractivity (Wildman–Crippen MR) is 143 cm³/mol. The Kier molecular flexibility index (Phi) is 11.6. The second-order valence-corrected chi connectivity index (χ2v) is 9.97. The highest BCUT2D eigenvalue weighted by Gasteiger charge is 2.27. The molecule has 2 aromatic carbocycles. The number of aliphatic hydroxyl groups is 1. The lowest BCUT2D eigenvalue weighted by Gasteiger charge is -2.34. The van der Waals surface area contributed by atoms with E-state index in [1.165, 1.54) is 22.6 Å². The lowest BCUT2D eigenvalue weighted by molar-refractivity contribution is -0.140. The highest BCUT2D eigenvalue weighted by molar-refractivity contribution is 5.86. The number of nitrogens with zero attached hydrogens (tertiary/aromatic N) is 2. The monoisotopic (exact) mass is 530 g/mol. The molecule has 1 heterocycles. The molecular formula is C29H40F2N4O3. The van der Waals surface area contributed by atoms with E-state index in [1.807, 2.05) is 12.1 Å². The Morgan fingerprint density at radius 2 is 1.79 bits per heavy atom. The predicted octanol–water partition coefficient (Wildman–Crippen LogP) is 2.65. The first-order valence-electron chi connectivity index (χ1n) is 13.5. The minimum absolute atomic E-state index is 0.0350. The normalized spacial score (nSPS) is 15.9. The van der Waals surface area contributed by atoms with Crippen molar-refractivity contribution in [1.82, 2.24) is 20.4 Å². The van der Waals surface area contributed by atoms with Gasteiger partial charge in [0.05, 0.1) is 25.2 Å². The van der Waals surface area contributed by atoms with Crippen molar-refractivity contribution in [3.63, 3.8) is 0 Å². The summed E-state index contributed by atoms with van der Waals surface area (Å²) in [7, 11) is 0. The van der Waals surface area contributed by atoms with Crippen LogP contribution < -0.4 is 10.6 Å². The molecule has 0 bridgehead atoms. The highest BCUT2D eigenvalue weighted by atomic mass is 19.1. The van der Waals surface area contributed by atoms with Crippen LogP contribution in [0.15, 0.2) is 42.5 Å². The van der Waals surface area contributed by atoms with Gasteiger partial charge in [0.1, 0.15) is 11.6 Å². The smallest absolute Gasteiger partial charge is 0.239 e. The van der Waals surface area contributed by atoms with Crippen LogP contribution in [0.25, 0.3) is 0 Å². The van der Waals surface area contributed by atoms with Crippen molar-refractivity contribution >= 4 is 11.8 Å². The van der Waals surface area contributed by atoms with Gasteiger partial charge in [-0.2, -0.15) is 0 Å². The molecule has 1 aliphatic heterocycles. The molecule has 0 spiro atoms. The van der Waals surface area contributed by atoms with E-state index in [0.717, 1.165) is 37.4 Å². The van der Waals surface area contributed by atoms with Crippen molar-refractivity contribution in [3.05, 3.63) is 70.8 Å². The van der Waals surface area contributed by atoms with E-state index >= 15 is 0 Å². The van der Waals surface area contributed by atoms with E-state index in [1.54, 1.807) is 0 Å². The van der Waals surface area contributed by atoms with E-state index in [2.05, 4.69) is 41.5 Å². The van der Waals surface area contributed by atoms with Gasteiger partial charge in [0, 0.05) is 32.2 Å². The third kappa shape index (κ3) is 9.45. The van der Waals surface area contributed by atoms with Gasteiger partial charge in [-0.3, -0.25) is 14.5 Å². The average Bonchev–Trinajstić information content (AvgIpc) is 2.88. The van der Waals surface area contributed by atoms with Crippen LogP contribution >= 0.6 is 0 Å². The van der Waals surface area contributed by atoms with Crippen LogP contribution in [0, 0.1) is 11.6 Å². The van der Waals surface area contributed by atoms with Gasteiger partial charge in [-0.25, -0.2) is 8.78 Å². The summed E-state index contributed by atoms with van der Waals surface area (Å²) < 4.78 is 27.6. The molecule has 1 fully saturated rings. The first-order chi connectivity index (χ1) is 18.3. The Hall–Kier alpha value is -2.88. The molecule has 0 radical (unpaired) electrons. The van der Waals surface area contributed by atoms with Crippen molar-refractivity contribution in [2.45, 2.75) is 58.2 Å². The number of nitrogens with one attached hydrogen (secondary N) is 2. The van der Waals surface area contributed by atoms with E-state index < -0.39 is 29.7 Å². The number of hydrogen-bond donors (Lipinski definition) is 3. The molecule has 2 aromatic rings. The number of aliphatic hydroxyl groups excluding tert-OH is 1. The summed E-state index contributed by atoms with van der Waals surface area (Å²) in [4.78, 5) is 29.1. The topological polar surface area (TPSA) is 84.9 Å². The molecule has 208 valence electrons. The molecule has 0 aromatic heterocycles. The summed E-state index contributed by atoms with van der Waals surface area (Å²) in [6.45, 7) is 7.04. The van der Waals surface area contributed by atoms with Gasteiger partial charge in [-0.1, -0.05) is 44.5 Å². The zero-order valence-corrected chi connectivity index (χ0v) is 22.4. The first-order valence-corrected chi connectivity index (χ1v) is 13.5. The number of carbonyl (C=O) groups is 2. The minimum atomic E-state index is -1.03. The second kappa shape index (κ2) is 14.9. The number of hydrogen-bond acceptors (Lipinski definition) is 5. The van der Waals surface area contributed by atoms with Gasteiger partial charge in [0.25, 0.3) is 0 Å². The van der Waals surface area contributed by atoms with E-state index in [9.17, 15) is 23.5 Å². The standard InChI is InChI=1S/C29H40F2N4O3/c1-3-5-9-34-10-11-35(29(38)20-34)19-28(37)33-26(15-23-13-24(30)16-25(31)14-23)27(36)18-32-17-22-8-6-7-21(4-2)12-22/h6-8,12-14,16,26-27,32,36H,3-5,9-11,15,17-20H2,1-2H3,(H,33,37). The Morgan fingerprint density at radius 1 is 1.05 bits per heavy atom. The molecule has 0 saturated carbocycles. The van der Waals surface area contributed by atoms with Crippen molar-refractivity contribution in [3.8, 4) is 0 Å². The highest BCUT2D eigenvalue weighted by Crippen LogP contribution is 2.13. The summed E-state index contributed by atoms with van der Waals surface area (Å²) in [6.07, 6.45) is 2.00. The number of amides is 2. The molecule has 38 heavy (non-hydrogen) atoms. The molecule has 7 nitrogen and oxygen atoms in total. The first kappa shape index (κ1) is 29.7. The van der Waals surface area contributed by atoms with Gasteiger partial charge < -0.3 is 20.6 Å². The van der Waals surface area contributed by atoms with E-state index in [4.69, 9.17) is 0 Å². The average molecular weight is 531 g/mol. The maximum atomic E-state index is 13.8. The van der Waals surface area contributed by atoms with Gasteiger partial charge in [-0.05, 0) is 54.6 Å². The van der Waals surface area contributed by atoms with Gasteiger partial charge in [-0.15, -0.1) is 0 Å². The maximum absolute atomic E-state index is 13.8. The van der Waals surface area contributed by atoms with Crippen LogP contribution in [0.5, 0.6) is 0 Å². The Bertz CT molecular complexity index is 1050. The van der Waals surface area contributed by atoms with Crippen LogP contribution in [-0.2, 0) is 29.0 Å². The van der Waals surface area contributed by atoms with Gasteiger partial charge in [0.2, 0.25) is 11.8 Å². The Morgan fingerprint density at radius 3 is 2.47 bits per heavy atom. The zero-order chi connectivity index (χ0) is 27.5. The molecule has 2 amide bonds. The molecular weight excluding hydrogens is 490 g/mol. The summed E-state index contributed by atoms with van der Waals surface area (Å²) in [5.41, 5.74) is 2.60. The Balaban J connectivity index is 1.61. The minimum Gasteiger partial charge on any atom is -0.390 e. The van der Waals surface area contributed by atoms with Crippen LogP contribution in [0.4, 0.5) is 8.78 Å². The largest absolute Gasteiger partial charge is 0.390 e. The lowest BCUT2D eigenvalue weighted by Crippen LogP contribution is -2.55. The lowest BCUT2D eigenvalue weighted by atomic mass is 10.0. The SMILES string of the molecule is CCCCN1CCN(CC(=O)NC(Cc2cc(F)cc(F)c2)C(O)CNCc2cccc(CC)c2)C(=O)C1. The third-order valence-electron chi connectivity index (χ3n) is 6.83.